The number of carbonyl (C=O) groups excluding carboxylic acids is 2. The first-order valence-corrected chi connectivity index (χ1v) is 6.52. The van der Waals surface area contributed by atoms with Crippen LogP contribution in [0.4, 0.5) is 5.00 Å². The number of piperazine rings is 1. The summed E-state index contributed by atoms with van der Waals surface area (Å²) in [7, 11) is 0. The van der Waals surface area contributed by atoms with Crippen LogP contribution in [0.25, 0.3) is 0 Å². The number of carbonyl (C=O) groups is 2. The summed E-state index contributed by atoms with van der Waals surface area (Å²) in [5, 5.41) is 10.4. The zero-order chi connectivity index (χ0) is 13.1. The zero-order valence-corrected chi connectivity index (χ0v) is 11.1. The standard InChI is InChI=1S/C10H15N5O2S/c1-3-11-10-7(13-14-18-10)4-15-5-8(16)12-9(17)6(15)2/h6,11H,3-5H2,1-2H3,(H,12,16,17). The van der Waals surface area contributed by atoms with Crippen LogP contribution in [0, 0.1) is 0 Å². The van der Waals surface area contributed by atoms with Crippen molar-refractivity contribution < 1.29 is 9.59 Å². The Labute approximate surface area is 109 Å². The molecule has 0 saturated carbocycles. The second-order valence-corrected chi connectivity index (χ2v) is 4.83. The number of nitrogens with zero attached hydrogens (tertiary/aromatic N) is 3. The van der Waals surface area contributed by atoms with Gasteiger partial charge >= 0.3 is 0 Å². The molecule has 0 aromatic carbocycles. The van der Waals surface area contributed by atoms with Crippen LogP contribution in [-0.2, 0) is 16.1 Å². The minimum Gasteiger partial charge on any atom is -0.374 e. The Morgan fingerprint density at radius 3 is 3.06 bits per heavy atom. The molecular weight excluding hydrogens is 254 g/mol. The highest BCUT2D eigenvalue weighted by Crippen LogP contribution is 2.20. The predicted octanol–water partition coefficient (Wildman–Crippen LogP) is -0.183. The van der Waals surface area contributed by atoms with E-state index in [0.29, 0.717) is 6.54 Å². The van der Waals surface area contributed by atoms with Gasteiger partial charge in [-0.15, -0.1) is 5.10 Å². The van der Waals surface area contributed by atoms with E-state index < -0.39 is 0 Å². The second-order valence-electron chi connectivity index (χ2n) is 4.07. The smallest absolute Gasteiger partial charge is 0.243 e. The van der Waals surface area contributed by atoms with E-state index in [2.05, 4.69) is 20.2 Å². The lowest BCUT2D eigenvalue weighted by molar-refractivity contribution is -0.139. The molecule has 7 nitrogen and oxygen atoms in total. The Morgan fingerprint density at radius 1 is 1.56 bits per heavy atom. The maximum absolute atomic E-state index is 11.5. The molecule has 18 heavy (non-hydrogen) atoms. The predicted molar refractivity (Wildman–Crippen MR) is 67.1 cm³/mol. The number of hydrogen-bond donors (Lipinski definition) is 2. The van der Waals surface area contributed by atoms with Gasteiger partial charge in [0, 0.05) is 24.6 Å². The maximum atomic E-state index is 11.5. The molecule has 1 fully saturated rings. The fraction of sp³-hybridized carbons (Fsp3) is 0.600. The fourth-order valence-corrected chi connectivity index (χ4v) is 2.40. The largest absolute Gasteiger partial charge is 0.374 e. The maximum Gasteiger partial charge on any atom is 0.243 e. The Hall–Kier alpha value is -1.54. The minimum atomic E-state index is -0.334. The number of hydrogen-bond acceptors (Lipinski definition) is 7. The van der Waals surface area contributed by atoms with Gasteiger partial charge in [-0.3, -0.25) is 19.8 Å². The van der Waals surface area contributed by atoms with Crippen molar-refractivity contribution >= 4 is 28.3 Å². The molecule has 1 atom stereocenters. The first-order valence-electron chi connectivity index (χ1n) is 5.74. The zero-order valence-electron chi connectivity index (χ0n) is 10.3. The molecule has 98 valence electrons. The molecule has 2 amide bonds. The van der Waals surface area contributed by atoms with Crippen molar-refractivity contribution in [3.63, 3.8) is 0 Å². The van der Waals surface area contributed by atoms with Crippen molar-refractivity contribution in [2.75, 3.05) is 18.4 Å². The van der Waals surface area contributed by atoms with E-state index in [1.807, 2.05) is 6.92 Å². The van der Waals surface area contributed by atoms with Crippen LogP contribution < -0.4 is 10.6 Å². The van der Waals surface area contributed by atoms with Gasteiger partial charge in [-0.1, -0.05) is 4.49 Å². The molecular formula is C10H15N5O2S. The Kier molecular flexibility index (Phi) is 3.87. The molecule has 1 aromatic heterocycles. The quantitative estimate of drug-likeness (QED) is 0.737. The van der Waals surface area contributed by atoms with Crippen molar-refractivity contribution in [2.24, 2.45) is 0 Å². The van der Waals surface area contributed by atoms with Gasteiger partial charge in [0.2, 0.25) is 11.8 Å². The number of anilines is 1. The van der Waals surface area contributed by atoms with Crippen LogP contribution in [0.1, 0.15) is 19.5 Å². The van der Waals surface area contributed by atoms with Crippen molar-refractivity contribution in [3.8, 4) is 0 Å². The number of rotatable bonds is 4. The molecule has 1 aromatic rings. The lowest BCUT2D eigenvalue weighted by Gasteiger charge is -2.30. The first-order chi connectivity index (χ1) is 8.61. The van der Waals surface area contributed by atoms with Gasteiger partial charge in [0.25, 0.3) is 0 Å². The van der Waals surface area contributed by atoms with Crippen molar-refractivity contribution in [1.82, 2.24) is 19.8 Å². The van der Waals surface area contributed by atoms with Gasteiger partial charge in [-0.2, -0.15) is 0 Å². The summed E-state index contributed by atoms with van der Waals surface area (Å²) >= 11 is 1.28. The lowest BCUT2D eigenvalue weighted by atomic mass is 10.2. The third-order valence-electron chi connectivity index (χ3n) is 2.78. The highest BCUT2D eigenvalue weighted by molar-refractivity contribution is 7.10. The van der Waals surface area contributed by atoms with Gasteiger partial charge in [0.15, 0.2) is 0 Å². The van der Waals surface area contributed by atoms with Gasteiger partial charge < -0.3 is 5.32 Å². The van der Waals surface area contributed by atoms with Crippen LogP contribution in [0.2, 0.25) is 0 Å². The van der Waals surface area contributed by atoms with E-state index in [4.69, 9.17) is 0 Å². The van der Waals surface area contributed by atoms with Crippen molar-refractivity contribution in [3.05, 3.63) is 5.69 Å². The molecule has 0 bridgehead atoms. The topological polar surface area (TPSA) is 87.2 Å². The molecule has 0 spiro atoms. The Bertz CT molecular complexity index is 461. The molecule has 1 aliphatic rings. The van der Waals surface area contributed by atoms with Crippen LogP contribution in [-0.4, -0.2) is 45.4 Å². The van der Waals surface area contributed by atoms with Gasteiger partial charge in [-0.05, 0) is 13.8 Å². The molecule has 8 heteroatoms. The third kappa shape index (κ3) is 2.65. The summed E-state index contributed by atoms with van der Waals surface area (Å²) in [6.07, 6.45) is 0. The SMILES string of the molecule is CCNc1snnc1CN1CC(=O)NC(=O)C1C. The molecule has 0 radical (unpaired) electrons. The van der Waals surface area contributed by atoms with E-state index in [0.717, 1.165) is 17.2 Å². The fourth-order valence-electron chi connectivity index (χ4n) is 1.76. The number of aromatic nitrogens is 2. The average molecular weight is 269 g/mol. The van der Waals surface area contributed by atoms with E-state index in [-0.39, 0.29) is 24.4 Å². The summed E-state index contributed by atoms with van der Waals surface area (Å²) in [5.74, 6) is -0.536. The Balaban J connectivity index is 2.09. The van der Waals surface area contributed by atoms with E-state index in [1.54, 1.807) is 11.8 Å². The molecule has 1 unspecified atom stereocenters. The van der Waals surface area contributed by atoms with Crippen LogP contribution in [0.15, 0.2) is 0 Å². The average Bonchev–Trinajstić information content (AvgIpc) is 2.73. The van der Waals surface area contributed by atoms with Crippen molar-refractivity contribution in [1.29, 1.82) is 0 Å². The Morgan fingerprint density at radius 2 is 2.33 bits per heavy atom. The molecule has 2 N–H and O–H groups in total. The summed E-state index contributed by atoms with van der Waals surface area (Å²) < 4.78 is 3.89. The summed E-state index contributed by atoms with van der Waals surface area (Å²) in [4.78, 5) is 24.7. The highest BCUT2D eigenvalue weighted by Gasteiger charge is 2.31. The third-order valence-corrected chi connectivity index (χ3v) is 3.51. The molecule has 2 heterocycles. The first kappa shape index (κ1) is 12.9. The van der Waals surface area contributed by atoms with Gasteiger partial charge in [0.05, 0.1) is 12.6 Å². The molecule has 1 aliphatic heterocycles. The molecule has 2 rings (SSSR count). The van der Waals surface area contributed by atoms with Crippen molar-refractivity contribution in [2.45, 2.75) is 26.4 Å². The summed E-state index contributed by atoms with van der Waals surface area (Å²) in [5.41, 5.74) is 0.774. The lowest BCUT2D eigenvalue weighted by Crippen LogP contribution is -2.56. The highest BCUT2D eigenvalue weighted by atomic mass is 32.1. The van der Waals surface area contributed by atoms with E-state index >= 15 is 0 Å². The van der Waals surface area contributed by atoms with E-state index in [1.165, 1.54) is 11.5 Å². The second kappa shape index (κ2) is 5.40. The van der Waals surface area contributed by atoms with Crippen LogP contribution >= 0.6 is 11.5 Å². The minimum absolute atomic E-state index is 0.204. The number of imide groups is 1. The molecule has 0 aliphatic carbocycles. The van der Waals surface area contributed by atoms with Gasteiger partial charge in [-0.25, -0.2) is 0 Å². The van der Waals surface area contributed by atoms with Crippen LogP contribution in [0.3, 0.4) is 0 Å². The number of nitrogens with one attached hydrogen (secondary N) is 2. The normalized spacial score (nSPS) is 20.9. The van der Waals surface area contributed by atoms with Gasteiger partial charge in [0.1, 0.15) is 10.7 Å². The summed E-state index contributed by atoms with van der Waals surface area (Å²) in [6.45, 7) is 5.19. The number of amides is 2. The summed E-state index contributed by atoms with van der Waals surface area (Å²) in [6, 6.07) is -0.334. The monoisotopic (exact) mass is 269 g/mol. The molecule has 1 saturated heterocycles. The van der Waals surface area contributed by atoms with E-state index in [9.17, 15) is 9.59 Å². The van der Waals surface area contributed by atoms with Crippen LogP contribution in [0.5, 0.6) is 0 Å².